The normalized spacial score (nSPS) is 13.4. The number of alkyl halides is 3. The van der Waals surface area contributed by atoms with E-state index in [-0.39, 0.29) is 41.1 Å². The van der Waals surface area contributed by atoms with Gasteiger partial charge in [-0.2, -0.15) is 13.2 Å². The molecule has 2 N–H and O–H groups in total. The zero-order valence-corrected chi connectivity index (χ0v) is 20.9. The summed E-state index contributed by atoms with van der Waals surface area (Å²) >= 11 is 6.07. The topological polar surface area (TPSA) is 88.8 Å². The molecule has 0 saturated heterocycles. The van der Waals surface area contributed by atoms with Gasteiger partial charge in [0.1, 0.15) is 24.2 Å². The number of carboxylic acid groups (broad SMARTS) is 1. The molecule has 6 nitrogen and oxygen atoms in total. The second-order valence-electron chi connectivity index (χ2n) is 9.02. The molecule has 0 bridgehead atoms. The van der Waals surface area contributed by atoms with Crippen molar-refractivity contribution in [2.24, 2.45) is 0 Å². The molecule has 1 atom stereocenters. The molecule has 39 heavy (non-hydrogen) atoms. The number of hydrogen-bond donors (Lipinski definition) is 2. The lowest BCUT2D eigenvalue weighted by molar-refractivity contribution is -0.139. The lowest BCUT2D eigenvalue weighted by Crippen LogP contribution is -2.42. The molecule has 0 saturated carbocycles. The highest BCUT2D eigenvalue weighted by atomic mass is 35.5. The van der Waals surface area contributed by atoms with Crippen LogP contribution in [0.3, 0.4) is 0 Å². The van der Waals surface area contributed by atoms with Crippen LogP contribution in [0.15, 0.2) is 83.3 Å². The fourth-order valence-electron chi connectivity index (χ4n) is 4.71. The van der Waals surface area contributed by atoms with E-state index < -0.39 is 29.8 Å². The molecule has 1 aliphatic carbocycles. The number of amides is 1. The molecule has 1 amide bonds. The maximum absolute atomic E-state index is 13.1. The maximum atomic E-state index is 13.1. The number of halogens is 4. The summed E-state index contributed by atoms with van der Waals surface area (Å²) in [5, 5.41) is 12.0. The predicted molar refractivity (Wildman–Crippen MR) is 137 cm³/mol. The summed E-state index contributed by atoms with van der Waals surface area (Å²) in [5.74, 6) is -1.37. The number of alkyl carbamates (subject to hydrolysis) is 1. The Labute approximate surface area is 226 Å². The highest BCUT2D eigenvalue weighted by Crippen LogP contribution is 2.44. The molecule has 0 fully saturated rings. The van der Waals surface area contributed by atoms with Crippen molar-refractivity contribution in [3.8, 4) is 22.5 Å². The van der Waals surface area contributed by atoms with E-state index in [1.54, 1.807) is 0 Å². The van der Waals surface area contributed by atoms with Crippen LogP contribution >= 0.6 is 11.6 Å². The Hall–Kier alpha value is -4.24. The molecule has 1 heterocycles. The van der Waals surface area contributed by atoms with Gasteiger partial charge in [0.2, 0.25) is 0 Å². The van der Waals surface area contributed by atoms with Gasteiger partial charge < -0.3 is 19.6 Å². The zero-order valence-electron chi connectivity index (χ0n) is 20.2. The molecule has 1 aromatic heterocycles. The van der Waals surface area contributed by atoms with Crippen LogP contribution in [-0.2, 0) is 22.1 Å². The zero-order chi connectivity index (χ0) is 27.7. The molecule has 4 aromatic rings. The van der Waals surface area contributed by atoms with E-state index in [9.17, 15) is 27.9 Å². The quantitative estimate of drug-likeness (QED) is 0.253. The molecule has 5 rings (SSSR count). The van der Waals surface area contributed by atoms with Crippen molar-refractivity contribution in [2.45, 2.75) is 24.6 Å². The van der Waals surface area contributed by atoms with Crippen molar-refractivity contribution in [3.63, 3.8) is 0 Å². The van der Waals surface area contributed by atoms with Crippen LogP contribution in [0.4, 0.5) is 18.0 Å². The van der Waals surface area contributed by atoms with Gasteiger partial charge in [0.05, 0.1) is 10.6 Å². The van der Waals surface area contributed by atoms with Crippen molar-refractivity contribution in [3.05, 3.63) is 106 Å². The minimum atomic E-state index is -4.57. The van der Waals surface area contributed by atoms with Crippen molar-refractivity contribution >= 4 is 23.7 Å². The van der Waals surface area contributed by atoms with Crippen LogP contribution in [0.2, 0.25) is 5.02 Å². The first-order chi connectivity index (χ1) is 18.6. The standard InChI is InChI=1S/C29H21ClF3NO5/c30-24-11-9-16(29(31,32)33)13-22(24)26-12-10-17(39-26)14-25(27(35)36)34-28(37)38-15-23-20-7-3-1-5-18(20)19-6-2-4-8-21(19)23/h1-13,23,25H,14-15H2,(H,34,37)(H,35,36). The first kappa shape index (κ1) is 26.4. The Morgan fingerprint density at radius 2 is 1.59 bits per heavy atom. The SMILES string of the molecule is O=C(NC(Cc1ccc(-c2cc(C(F)(F)F)ccc2Cl)o1)C(=O)O)OCC1c2ccccc2-c2ccccc21. The molecule has 0 radical (unpaired) electrons. The predicted octanol–water partition coefficient (Wildman–Crippen LogP) is 7.15. The smallest absolute Gasteiger partial charge is 0.416 e. The van der Waals surface area contributed by atoms with Gasteiger partial charge in [-0.15, -0.1) is 0 Å². The second kappa shape index (κ2) is 10.5. The first-order valence-electron chi connectivity index (χ1n) is 11.9. The van der Waals surface area contributed by atoms with E-state index in [2.05, 4.69) is 5.32 Å². The number of rotatable bonds is 7. The number of carboxylic acids is 1. The van der Waals surface area contributed by atoms with Crippen LogP contribution in [0.5, 0.6) is 0 Å². The highest BCUT2D eigenvalue weighted by Gasteiger charge is 2.32. The van der Waals surface area contributed by atoms with Gasteiger partial charge >= 0.3 is 18.2 Å². The minimum Gasteiger partial charge on any atom is -0.480 e. The van der Waals surface area contributed by atoms with Gasteiger partial charge in [0.25, 0.3) is 0 Å². The van der Waals surface area contributed by atoms with Crippen LogP contribution in [0, 0.1) is 0 Å². The molecule has 1 aliphatic rings. The number of hydrogen-bond acceptors (Lipinski definition) is 4. The van der Waals surface area contributed by atoms with E-state index in [1.807, 2.05) is 48.5 Å². The van der Waals surface area contributed by atoms with Crippen molar-refractivity contribution in [1.82, 2.24) is 5.32 Å². The van der Waals surface area contributed by atoms with Gasteiger partial charge in [0, 0.05) is 17.9 Å². The molecule has 0 spiro atoms. The molecule has 3 aromatic carbocycles. The Bertz CT molecular complexity index is 1500. The van der Waals surface area contributed by atoms with Crippen LogP contribution < -0.4 is 5.32 Å². The Kier molecular flexibility index (Phi) is 7.10. The van der Waals surface area contributed by atoms with Crippen molar-refractivity contribution in [2.75, 3.05) is 6.61 Å². The first-order valence-corrected chi connectivity index (χ1v) is 12.3. The van der Waals surface area contributed by atoms with E-state index >= 15 is 0 Å². The number of fused-ring (bicyclic) bond motifs is 3. The third kappa shape index (κ3) is 5.49. The van der Waals surface area contributed by atoms with E-state index in [1.165, 1.54) is 12.1 Å². The van der Waals surface area contributed by atoms with E-state index in [0.29, 0.717) is 0 Å². The summed E-state index contributed by atoms with van der Waals surface area (Å²) in [6.07, 6.45) is -5.76. The molecular formula is C29H21ClF3NO5. The fourth-order valence-corrected chi connectivity index (χ4v) is 4.92. The number of carbonyl (C=O) groups is 2. The average molecular weight is 556 g/mol. The summed E-state index contributed by atoms with van der Waals surface area (Å²) in [5.41, 5.74) is 3.24. The van der Waals surface area contributed by atoms with Gasteiger partial charge in [-0.05, 0) is 52.6 Å². The van der Waals surface area contributed by atoms with Gasteiger partial charge in [-0.3, -0.25) is 0 Å². The molecule has 1 unspecified atom stereocenters. The Morgan fingerprint density at radius 1 is 0.949 bits per heavy atom. The number of nitrogens with one attached hydrogen (secondary N) is 1. The number of carbonyl (C=O) groups excluding carboxylic acids is 1. The largest absolute Gasteiger partial charge is 0.480 e. The summed E-state index contributed by atoms with van der Waals surface area (Å²) in [7, 11) is 0. The number of aliphatic carboxylic acids is 1. The van der Waals surface area contributed by atoms with Crippen molar-refractivity contribution in [1.29, 1.82) is 0 Å². The molecule has 200 valence electrons. The summed E-state index contributed by atoms with van der Waals surface area (Å²) in [6.45, 7) is 0.00510. The number of ether oxygens (including phenoxy) is 1. The highest BCUT2D eigenvalue weighted by molar-refractivity contribution is 6.33. The number of furan rings is 1. The lowest BCUT2D eigenvalue weighted by atomic mass is 9.98. The van der Waals surface area contributed by atoms with Crippen molar-refractivity contribution < 1.29 is 37.0 Å². The van der Waals surface area contributed by atoms with Gasteiger partial charge in [-0.25, -0.2) is 9.59 Å². The summed E-state index contributed by atoms with van der Waals surface area (Å²) < 4.78 is 50.4. The van der Waals surface area contributed by atoms with Crippen LogP contribution in [0.25, 0.3) is 22.5 Å². The lowest BCUT2D eigenvalue weighted by Gasteiger charge is -2.17. The average Bonchev–Trinajstić information content (AvgIpc) is 3.49. The van der Waals surface area contributed by atoms with E-state index in [0.717, 1.165) is 40.5 Å². The summed E-state index contributed by atoms with van der Waals surface area (Å²) in [4.78, 5) is 24.4. The monoisotopic (exact) mass is 555 g/mol. The Balaban J connectivity index is 1.26. The minimum absolute atomic E-state index is 0.00510. The van der Waals surface area contributed by atoms with E-state index in [4.69, 9.17) is 20.8 Å². The van der Waals surface area contributed by atoms with Gasteiger partial charge in [-0.1, -0.05) is 60.1 Å². The van der Waals surface area contributed by atoms with Crippen LogP contribution in [-0.4, -0.2) is 29.8 Å². The van der Waals surface area contributed by atoms with Gasteiger partial charge in [0.15, 0.2) is 0 Å². The second-order valence-corrected chi connectivity index (χ2v) is 9.43. The summed E-state index contributed by atoms with van der Waals surface area (Å²) in [6, 6.07) is 19.8. The maximum Gasteiger partial charge on any atom is 0.416 e. The third-order valence-electron chi connectivity index (χ3n) is 6.56. The Morgan fingerprint density at radius 3 is 2.21 bits per heavy atom. The third-order valence-corrected chi connectivity index (χ3v) is 6.89. The number of benzene rings is 3. The molecule has 10 heteroatoms. The molecule has 0 aliphatic heterocycles. The van der Waals surface area contributed by atoms with Crippen LogP contribution in [0.1, 0.15) is 28.4 Å². The fraction of sp³-hybridized carbons (Fsp3) is 0.172. The molecular weight excluding hydrogens is 535 g/mol.